The van der Waals surface area contributed by atoms with Gasteiger partial charge in [-0.25, -0.2) is 4.98 Å². The lowest BCUT2D eigenvalue weighted by Gasteiger charge is -2.35. The number of nitrogens with zero attached hydrogens (tertiary/aromatic N) is 3. The molecule has 0 unspecified atom stereocenters. The van der Waals surface area contributed by atoms with Crippen molar-refractivity contribution in [1.29, 1.82) is 0 Å². The van der Waals surface area contributed by atoms with Gasteiger partial charge in [0.1, 0.15) is 10.8 Å². The Balaban J connectivity index is 1.71. The maximum Gasteiger partial charge on any atom is 0.269 e. The zero-order valence-electron chi connectivity index (χ0n) is 13.4. The van der Waals surface area contributed by atoms with Crippen molar-refractivity contribution in [2.45, 2.75) is 13.8 Å². The van der Waals surface area contributed by atoms with Crippen molar-refractivity contribution in [3.05, 3.63) is 29.0 Å². The SMILES string of the molecule is CCN1CCN(C[C@@H](C)CNC(=O)c2cccc(Cl)n2)CC1. The number of likely N-dealkylation sites (N-methyl/N-ethyl adjacent to an activating group) is 1. The van der Waals surface area contributed by atoms with Crippen molar-refractivity contribution in [2.24, 2.45) is 5.92 Å². The molecule has 1 saturated heterocycles. The fourth-order valence-electron chi connectivity index (χ4n) is 2.69. The molecule has 1 fully saturated rings. The topological polar surface area (TPSA) is 48.5 Å². The summed E-state index contributed by atoms with van der Waals surface area (Å²) in [5.41, 5.74) is 0.372. The number of carbonyl (C=O) groups excluding carboxylic acids is 1. The number of amides is 1. The summed E-state index contributed by atoms with van der Waals surface area (Å²) in [5, 5.41) is 3.28. The molecule has 0 saturated carbocycles. The molecule has 0 aromatic carbocycles. The van der Waals surface area contributed by atoms with Crippen LogP contribution in [0.1, 0.15) is 24.3 Å². The van der Waals surface area contributed by atoms with E-state index < -0.39 is 0 Å². The fraction of sp³-hybridized carbons (Fsp3) is 0.625. The Morgan fingerprint density at radius 3 is 2.64 bits per heavy atom. The summed E-state index contributed by atoms with van der Waals surface area (Å²) in [6, 6.07) is 5.08. The van der Waals surface area contributed by atoms with Crippen LogP contribution in [0.4, 0.5) is 0 Å². The van der Waals surface area contributed by atoms with Crippen LogP contribution in [-0.2, 0) is 0 Å². The zero-order valence-corrected chi connectivity index (χ0v) is 14.1. The maximum atomic E-state index is 12.0. The number of hydrogen-bond donors (Lipinski definition) is 1. The molecule has 1 aromatic heterocycles. The van der Waals surface area contributed by atoms with E-state index in [1.54, 1.807) is 18.2 Å². The average molecular weight is 325 g/mol. The van der Waals surface area contributed by atoms with Crippen LogP contribution in [-0.4, -0.2) is 66.5 Å². The molecule has 1 N–H and O–H groups in total. The van der Waals surface area contributed by atoms with Crippen LogP contribution >= 0.6 is 11.6 Å². The minimum Gasteiger partial charge on any atom is -0.350 e. The van der Waals surface area contributed by atoms with E-state index >= 15 is 0 Å². The summed E-state index contributed by atoms with van der Waals surface area (Å²) in [5.74, 6) is 0.251. The van der Waals surface area contributed by atoms with Gasteiger partial charge >= 0.3 is 0 Å². The molecule has 1 aromatic rings. The van der Waals surface area contributed by atoms with Gasteiger partial charge in [0.15, 0.2) is 0 Å². The summed E-state index contributed by atoms with van der Waals surface area (Å²) in [6.45, 7) is 11.7. The van der Waals surface area contributed by atoms with Crippen LogP contribution in [0, 0.1) is 5.92 Å². The first kappa shape index (κ1) is 17.2. The van der Waals surface area contributed by atoms with E-state index in [0.29, 0.717) is 23.3 Å². The van der Waals surface area contributed by atoms with Crippen LogP contribution < -0.4 is 5.32 Å². The molecule has 0 aliphatic carbocycles. The van der Waals surface area contributed by atoms with Gasteiger partial charge < -0.3 is 15.1 Å². The van der Waals surface area contributed by atoms with Crippen LogP contribution in [0.15, 0.2) is 18.2 Å². The largest absolute Gasteiger partial charge is 0.350 e. The highest BCUT2D eigenvalue weighted by Gasteiger charge is 2.18. The lowest BCUT2D eigenvalue weighted by atomic mass is 10.1. The minimum absolute atomic E-state index is 0.162. The van der Waals surface area contributed by atoms with E-state index in [2.05, 4.69) is 33.9 Å². The summed E-state index contributed by atoms with van der Waals surface area (Å²) in [7, 11) is 0. The molecule has 0 bridgehead atoms. The summed E-state index contributed by atoms with van der Waals surface area (Å²) in [6.07, 6.45) is 0. The Bertz CT molecular complexity index is 489. The Hall–Kier alpha value is -1.17. The number of rotatable bonds is 6. The molecule has 2 heterocycles. The Morgan fingerprint density at radius 2 is 2.00 bits per heavy atom. The van der Waals surface area contributed by atoms with Gasteiger partial charge in [-0.2, -0.15) is 0 Å². The molecule has 1 atom stereocenters. The number of aromatic nitrogens is 1. The molecule has 2 rings (SSSR count). The van der Waals surface area contributed by atoms with Gasteiger partial charge in [0.2, 0.25) is 0 Å². The predicted octanol–water partition coefficient (Wildman–Crippen LogP) is 1.74. The summed E-state index contributed by atoms with van der Waals surface area (Å²) >= 11 is 5.80. The normalized spacial score (nSPS) is 18.1. The fourth-order valence-corrected chi connectivity index (χ4v) is 2.85. The van der Waals surface area contributed by atoms with Gasteiger partial charge in [-0.1, -0.05) is 31.5 Å². The third kappa shape index (κ3) is 5.23. The van der Waals surface area contributed by atoms with Gasteiger partial charge in [-0.15, -0.1) is 0 Å². The first-order valence-corrected chi connectivity index (χ1v) is 8.31. The van der Waals surface area contributed by atoms with Crippen molar-refractivity contribution >= 4 is 17.5 Å². The quantitative estimate of drug-likeness (QED) is 0.810. The second-order valence-corrected chi connectivity index (χ2v) is 6.28. The van der Waals surface area contributed by atoms with Gasteiger partial charge in [0, 0.05) is 39.3 Å². The molecule has 6 heteroatoms. The standard InChI is InChI=1S/C16H25ClN4O/c1-3-20-7-9-21(10-8-20)12-13(2)11-18-16(22)14-5-4-6-15(17)19-14/h4-6,13H,3,7-12H2,1-2H3,(H,18,22)/t13-/m0/s1. The molecule has 1 aliphatic heterocycles. The molecule has 22 heavy (non-hydrogen) atoms. The second kappa shape index (κ2) is 8.46. The third-order valence-corrected chi connectivity index (χ3v) is 4.25. The molecule has 122 valence electrons. The van der Waals surface area contributed by atoms with Crippen molar-refractivity contribution in [3.63, 3.8) is 0 Å². The highest BCUT2D eigenvalue weighted by Crippen LogP contribution is 2.07. The first-order chi connectivity index (χ1) is 10.6. The van der Waals surface area contributed by atoms with E-state index in [-0.39, 0.29) is 5.91 Å². The molecule has 5 nitrogen and oxygen atoms in total. The Labute approximate surface area is 137 Å². The van der Waals surface area contributed by atoms with Gasteiger partial charge in [-0.05, 0) is 24.6 Å². The second-order valence-electron chi connectivity index (χ2n) is 5.90. The van der Waals surface area contributed by atoms with Crippen LogP contribution in [0.2, 0.25) is 5.15 Å². The number of piperazine rings is 1. The van der Waals surface area contributed by atoms with E-state index in [9.17, 15) is 4.79 Å². The first-order valence-electron chi connectivity index (χ1n) is 7.94. The van der Waals surface area contributed by atoms with Crippen LogP contribution in [0.25, 0.3) is 0 Å². The molecule has 1 amide bonds. The van der Waals surface area contributed by atoms with Gasteiger partial charge in [-0.3, -0.25) is 4.79 Å². The number of hydrogen-bond acceptors (Lipinski definition) is 4. The highest BCUT2D eigenvalue weighted by atomic mass is 35.5. The van der Waals surface area contributed by atoms with E-state index in [0.717, 1.165) is 39.3 Å². The van der Waals surface area contributed by atoms with E-state index in [4.69, 9.17) is 11.6 Å². The van der Waals surface area contributed by atoms with Crippen molar-refractivity contribution in [1.82, 2.24) is 20.1 Å². The number of pyridine rings is 1. The molecule has 1 aliphatic rings. The lowest BCUT2D eigenvalue weighted by molar-refractivity contribution is 0.0929. The van der Waals surface area contributed by atoms with Crippen LogP contribution in [0.3, 0.4) is 0 Å². The van der Waals surface area contributed by atoms with E-state index in [1.165, 1.54) is 0 Å². The lowest BCUT2D eigenvalue weighted by Crippen LogP contribution is -2.48. The minimum atomic E-state index is -0.162. The molecule has 0 radical (unpaired) electrons. The number of nitrogens with one attached hydrogen (secondary N) is 1. The summed E-state index contributed by atoms with van der Waals surface area (Å²) < 4.78 is 0. The van der Waals surface area contributed by atoms with Gasteiger partial charge in [0.05, 0.1) is 0 Å². The number of carbonyl (C=O) groups is 1. The molecular weight excluding hydrogens is 300 g/mol. The van der Waals surface area contributed by atoms with E-state index in [1.807, 2.05) is 0 Å². The number of halogens is 1. The third-order valence-electron chi connectivity index (χ3n) is 4.04. The highest BCUT2D eigenvalue weighted by molar-refractivity contribution is 6.29. The maximum absolute atomic E-state index is 12.0. The average Bonchev–Trinajstić information content (AvgIpc) is 2.53. The predicted molar refractivity (Wildman–Crippen MR) is 89.3 cm³/mol. The zero-order chi connectivity index (χ0) is 15.9. The van der Waals surface area contributed by atoms with Crippen molar-refractivity contribution in [2.75, 3.05) is 45.8 Å². The summed E-state index contributed by atoms with van der Waals surface area (Å²) in [4.78, 5) is 21.0. The molecular formula is C16H25ClN4O. The molecule has 0 spiro atoms. The Kier molecular flexibility index (Phi) is 6.61. The van der Waals surface area contributed by atoms with Crippen molar-refractivity contribution < 1.29 is 4.79 Å². The van der Waals surface area contributed by atoms with Crippen LogP contribution in [0.5, 0.6) is 0 Å². The Morgan fingerprint density at radius 1 is 1.32 bits per heavy atom. The van der Waals surface area contributed by atoms with Crippen molar-refractivity contribution in [3.8, 4) is 0 Å². The smallest absolute Gasteiger partial charge is 0.269 e. The van der Waals surface area contributed by atoms with Gasteiger partial charge in [0.25, 0.3) is 5.91 Å². The monoisotopic (exact) mass is 324 g/mol.